The molecule has 5 heteroatoms. The van der Waals surface area contributed by atoms with Gasteiger partial charge in [0.1, 0.15) is 6.61 Å². The Labute approximate surface area is 89.1 Å². The number of likely N-dealkylation sites (tertiary alicyclic amines) is 1. The minimum Gasteiger partial charge on any atom is -0.388 e. The highest BCUT2D eigenvalue weighted by atomic mass is 16.5. The summed E-state index contributed by atoms with van der Waals surface area (Å²) in [6.45, 7) is 2.15. The normalized spacial score (nSPS) is 19.6. The largest absolute Gasteiger partial charge is 0.388 e. The van der Waals surface area contributed by atoms with Crippen LogP contribution < -0.4 is 0 Å². The summed E-state index contributed by atoms with van der Waals surface area (Å²) >= 11 is 0. The van der Waals surface area contributed by atoms with Crippen molar-refractivity contribution in [1.29, 1.82) is 0 Å². The van der Waals surface area contributed by atoms with E-state index in [0.717, 1.165) is 19.5 Å². The summed E-state index contributed by atoms with van der Waals surface area (Å²) in [6, 6.07) is 0. The van der Waals surface area contributed by atoms with Crippen LogP contribution in [0.4, 0.5) is 0 Å². The highest BCUT2D eigenvalue weighted by molar-refractivity contribution is 4.87. The maximum absolute atomic E-state index is 8.80. The van der Waals surface area contributed by atoms with E-state index in [1.165, 1.54) is 12.8 Å². The Kier molecular flexibility index (Phi) is 3.33. The molecular weight excluding hydrogens is 194 g/mol. The van der Waals surface area contributed by atoms with Crippen molar-refractivity contribution in [2.45, 2.75) is 25.9 Å². The summed E-state index contributed by atoms with van der Waals surface area (Å²) in [5, 5.41) is 12.5. The van der Waals surface area contributed by atoms with E-state index in [1.807, 2.05) is 0 Å². The third-order valence-corrected chi connectivity index (χ3v) is 2.95. The molecule has 1 aromatic rings. The second-order valence-electron chi connectivity index (χ2n) is 4.21. The summed E-state index contributed by atoms with van der Waals surface area (Å²) in [4.78, 5) is 6.44. The van der Waals surface area contributed by atoms with Gasteiger partial charge in [-0.25, -0.2) is 0 Å². The fourth-order valence-corrected chi connectivity index (χ4v) is 1.95. The van der Waals surface area contributed by atoms with Crippen molar-refractivity contribution in [1.82, 2.24) is 15.0 Å². The van der Waals surface area contributed by atoms with Crippen LogP contribution in [0.2, 0.25) is 0 Å². The van der Waals surface area contributed by atoms with E-state index >= 15 is 0 Å². The second-order valence-corrected chi connectivity index (χ2v) is 4.21. The van der Waals surface area contributed by atoms with Gasteiger partial charge < -0.3 is 14.5 Å². The molecule has 1 fully saturated rings. The summed E-state index contributed by atoms with van der Waals surface area (Å²) in [5.41, 5.74) is 0. The van der Waals surface area contributed by atoms with Gasteiger partial charge in [-0.2, -0.15) is 4.98 Å². The zero-order valence-electron chi connectivity index (χ0n) is 9.02. The molecule has 0 aliphatic carbocycles. The van der Waals surface area contributed by atoms with Gasteiger partial charge in [-0.05, 0) is 38.9 Å². The Morgan fingerprint density at radius 3 is 2.80 bits per heavy atom. The van der Waals surface area contributed by atoms with E-state index < -0.39 is 0 Å². The predicted molar refractivity (Wildman–Crippen MR) is 54.1 cm³/mol. The fraction of sp³-hybridized carbons (Fsp3) is 0.800. The van der Waals surface area contributed by atoms with Gasteiger partial charge in [-0.1, -0.05) is 5.16 Å². The highest BCUT2D eigenvalue weighted by Crippen LogP contribution is 2.19. The number of aliphatic hydroxyl groups is 1. The average Bonchev–Trinajstić information content (AvgIpc) is 2.69. The molecule has 15 heavy (non-hydrogen) atoms. The van der Waals surface area contributed by atoms with Crippen LogP contribution >= 0.6 is 0 Å². The van der Waals surface area contributed by atoms with Crippen molar-refractivity contribution in [3.63, 3.8) is 0 Å². The van der Waals surface area contributed by atoms with Crippen molar-refractivity contribution in [2.75, 3.05) is 20.1 Å². The molecule has 2 heterocycles. The van der Waals surface area contributed by atoms with Gasteiger partial charge in [-0.15, -0.1) is 0 Å². The maximum Gasteiger partial charge on any atom is 0.227 e. The van der Waals surface area contributed by atoms with E-state index in [1.54, 1.807) is 0 Å². The monoisotopic (exact) mass is 211 g/mol. The Hall–Kier alpha value is -0.940. The second kappa shape index (κ2) is 4.72. The third-order valence-electron chi connectivity index (χ3n) is 2.95. The molecule has 1 aromatic heterocycles. The van der Waals surface area contributed by atoms with E-state index in [0.29, 0.717) is 17.6 Å². The van der Waals surface area contributed by atoms with Gasteiger partial charge in [0.05, 0.1) is 0 Å². The lowest BCUT2D eigenvalue weighted by molar-refractivity contribution is 0.208. The Morgan fingerprint density at radius 2 is 2.20 bits per heavy atom. The van der Waals surface area contributed by atoms with Gasteiger partial charge in [-0.3, -0.25) is 0 Å². The average molecular weight is 211 g/mol. The first kappa shape index (κ1) is 10.6. The summed E-state index contributed by atoms with van der Waals surface area (Å²) in [7, 11) is 2.15. The van der Waals surface area contributed by atoms with Crippen molar-refractivity contribution < 1.29 is 9.63 Å². The Morgan fingerprint density at radius 1 is 1.47 bits per heavy atom. The first-order valence-corrected chi connectivity index (χ1v) is 5.39. The van der Waals surface area contributed by atoms with Crippen molar-refractivity contribution >= 4 is 0 Å². The summed E-state index contributed by atoms with van der Waals surface area (Å²) in [5.74, 6) is 1.69. The van der Waals surface area contributed by atoms with E-state index in [-0.39, 0.29) is 6.61 Å². The lowest BCUT2D eigenvalue weighted by atomic mass is 9.94. The SMILES string of the molecule is CN1CCC(Cc2nc(CO)no2)CC1. The fourth-order valence-electron chi connectivity index (χ4n) is 1.95. The molecule has 1 N–H and O–H groups in total. The minimum absolute atomic E-state index is 0.142. The molecule has 0 saturated carbocycles. The van der Waals surface area contributed by atoms with Crippen molar-refractivity contribution in [3.8, 4) is 0 Å². The zero-order valence-corrected chi connectivity index (χ0v) is 9.02. The van der Waals surface area contributed by atoms with Crippen molar-refractivity contribution in [2.24, 2.45) is 5.92 Å². The number of piperidine rings is 1. The molecule has 5 nitrogen and oxygen atoms in total. The molecule has 0 aromatic carbocycles. The van der Waals surface area contributed by atoms with Gasteiger partial charge in [0, 0.05) is 6.42 Å². The Balaban J connectivity index is 1.86. The molecule has 1 aliphatic rings. The number of hydrogen-bond donors (Lipinski definition) is 1. The lowest BCUT2D eigenvalue weighted by Gasteiger charge is -2.27. The van der Waals surface area contributed by atoms with Crippen LogP contribution in [-0.2, 0) is 13.0 Å². The van der Waals surface area contributed by atoms with Crippen LogP contribution in [0.5, 0.6) is 0 Å². The minimum atomic E-state index is -0.142. The lowest BCUT2D eigenvalue weighted by Crippen LogP contribution is -2.30. The molecule has 2 rings (SSSR count). The summed E-state index contributed by atoms with van der Waals surface area (Å²) in [6.07, 6.45) is 3.22. The zero-order chi connectivity index (χ0) is 10.7. The summed E-state index contributed by atoms with van der Waals surface area (Å²) < 4.78 is 5.05. The van der Waals surface area contributed by atoms with Crippen LogP contribution in [-0.4, -0.2) is 40.3 Å². The number of nitrogens with zero attached hydrogens (tertiary/aromatic N) is 3. The van der Waals surface area contributed by atoms with Crippen molar-refractivity contribution in [3.05, 3.63) is 11.7 Å². The number of aliphatic hydroxyl groups excluding tert-OH is 1. The number of aromatic nitrogens is 2. The maximum atomic E-state index is 8.80. The van der Waals surface area contributed by atoms with E-state index in [2.05, 4.69) is 22.1 Å². The molecule has 0 bridgehead atoms. The third kappa shape index (κ3) is 2.76. The molecule has 0 atom stereocenters. The van der Waals surface area contributed by atoms with Crippen LogP contribution in [0.25, 0.3) is 0 Å². The Bertz CT molecular complexity index is 305. The molecule has 0 radical (unpaired) electrons. The van der Waals surface area contributed by atoms with Crippen LogP contribution in [0.15, 0.2) is 4.52 Å². The van der Waals surface area contributed by atoms with E-state index in [9.17, 15) is 0 Å². The smallest absolute Gasteiger partial charge is 0.227 e. The molecule has 0 amide bonds. The van der Waals surface area contributed by atoms with Gasteiger partial charge in [0.2, 0.25) is 5.89 Å². The first-order valence-electron chi connectivity index (χ1n) is 5.39. The quantitative estimate of drug-likeness (QED) is 0.786. The van der Waals surface area contributed by atoms with Gasteiger partial charge in [0.25, 0.3) is 0 Å². The molecule has 1 saturated heterocycles. The molecule has 84 valence electrons. The standard InChI is InChI=1S/C10H17N3O2/c1-13-4-2-8(3-5-13)6-10-11-9(7-14)12-15-10/h8,14H,2-7H2,1H3. The molecule has 0 spiro atoms. The molecular formula is C10H17N3O2. The number of hydrogen-bond acceptors (Lipinski definition) is 5. The van der Waals surface area contributed by atoms with Crippen LogP contribution in [0, 0.1) is 5.92 Å². The molecule has 0 unspecified atom stereocenters. The van der Waals surface area contributed by atoms with Gasteiger partial charge >= 0.3 is 0 Å². The number of rotatable bonds is 3. The molecule has 1 aliphatic heterocycles. The van der Waals surface area contributed by atoms with E-state index in [4.69, 9.17) is 9.63 Å². The van der Waals surface area contributed by atoms with Crippen LogP contribution in [0.1, 0.15) is 24.6 Å². The van der Waals surface area contributed by atoms with Gasteiger partial charge in [0.15, 0.2) is 5.82 Å². The topological polar surface area (TPSA) is 62.4 Å². The predicted octanol–water partition coefficient (Wildman–Crippen LogP) is 0.446. The first-order chi connectivity index (χ1) is 7.28. The van der Waals surface area contributed by atoms with Crippen LogP contribution in [0.3, 0.4) is 0 Å². The highest BCUT2D eigenvalue weighted by Gasteiger charge is 2.19.